The zero-order valence-electron chi connectivity index (χ0n) is 9.82. The Balaban J connectivity index is 1.96. The molecule has 0 bridgehead atoms. The van der Waals surface area contributed by atoms with Crippen LogP contribution in [0.4, 0.5) is 0 Å². The summed E-state index contributed by atoms with van der Waals surface area (Å²) in [6, 6.07) is 0.467. The van der Waals surface area contributed by atoms with Gasteiger partial charge in [0.15, 0.2) is 0 Å². The normalized spacial score (nSPS) is 29.8. The average molecular weight is 224 g/mol. The molecule has 2 unspecified atom stereocenters. The van der Waals surface area contributed by atoms with Crippen molar-refractivity contribution in [1.82, 2.24) is 4.90 Å². The van der Waals surface area contributed by atoms with Crippen LogP contribution >= 0.6 is 0 Å². The Labute approximate surface area is 96.4 Å². The molecular weight excluding hydrogens is 204 g/mol. The molecule has 1 aliphatic heterocycles. The van der Waals surface area contributed by atoms with Crippen LogP contribution in [0.2, 0.25) is 0 Å². The van der Waals surface area contributed by atoms with Crippen molar-refractivity contribution in [2.75, 3.05) is 20.1 Å². The van der Waals surface area contributed by atoms with Gasteiger partial charge < -0.3 is 10.5 Å². The maximum Gasteiger partial charge on any atom is 0.312 e. The monoisotopic (exact) mass is 224 g/mol. The van der Waals surface area contributed by atoms with Gasteiger partial charge in [-0.2, -0.15) is 0 Å². The number of fused-ring (bicyclic) bond motifs is 1. The number of likely N-dealkylation sites (N-methyl/N-ethyl adjacent to an activating group) is 1. The third-order valence-corrected chi connectivity index (χ3v) is 3.56. The van der Waals surface area contributed by atoms with Gasteiger partial charge in [-0.25, -0.2) is 0 Å². The molecule has 2 atom stereocenters. The summed E-state index contributed by atoms with van der Waals surface area (Å²) in [6.07, 6.45) is 5.72. The van der Waals surface area contributed by atoms with Gasteiger partial charge in [0.05, 0.1) is 6.42 Å². The van der Waals surface area contributed by atoms with Gasteiger partial charge in [-0.05, 0) is 38.4 Å². The Kier molecular flexibility index (Phi) is 3.61. The quantitative estimate of drug-likeness (QED) is 0.723. The molecule has 0 amide bonds. The first-order valence-corrected chi connectivity index (χ1v) is 6.02. The van der Waals surface area contributed by atoms with E-state index in [9.17, 15) is 4.79 Å². The maximum atomic E-state index is 11.3. The van der Waals surface area contributed by atoms with E-state index in [1.807, 2.05) is 0 Å². The van der Waals surface area contributed by atoms with Gasteiger partial charge in [0, 0.05) is 19.0 Å². The minimum Gasteiger partial charge on any atom is -0.431 e. The summed E-state index contributed by atoms with van der Waals surface area (Å²) in [7, 11) is 2.13. The third-order valence-electron chi connectivity index (χ3n) is 3.56. The number of likely N-dealkylation sites (tertiary alicyclic amines) is 1. The second-order valence-electron chi connectivity index (χ2n) is 4.70. The van der Waals surface area contributed by atoms with E-state index in [0.29, 0.717) is 19.0 Å². The van der Waals surface area contributed by atoms with Crippen LogP contribution in [0.25, 0.3) is 0 Å². The number of carbonyl (C=O) groups excluding carboxylic acids is 1. The summed E-state index contributed by atoms with van der Waals surface area (Å²) < 4.78 is 5.30. The number of nitrogens with two attached hydrogens (primary N) is 1. The van der Waals surface area contributed by atoms with Crippen LogP contribution in [0.5, 0.6) is 0 Å². The molecule has 2 N–H and O–H groups in total. The first-order valence-electron chi connectivity index (χ1n) is 6.02. The minimum absolute atomic E-state index is 0.201. The molecule has 1 heterocycles. The first kappa shape index (κ1) is 11.6. The van der Waals surface area contributed by atoms with Crippen LogP contribution in [-0.2, 0) is 9.53 Å². The lowest BCUT2D eigenvalue weighted by atomic mass is 9.89. The molecule has 4 heteroatoms. The van der Waals surface area contributed by atoms with Gasteiger partial charge in [-0.3, -0.25) is 9.69 Å². The van der Waals surface area contributed by atoms with Crippen LogP contribution in [-0.4, -0.2) is 37.0 Å². The molecule has 90 valence electrons. The Hall–Kier alpha value is -0.870. The molecule has 1 fully saturated rings. The second-order valence-corrected chi connectivity index (χ2v) is 4.70. The number of esters is 1. The molecule has 16 heavy (non-hydrogen) atoms. The fraction of sp³-hybridized carbons (Fsp3) is 0.750. The van der Waals surface area contributed by atoms with Crippen LogP contribution in [0.1, 0.15) is 25.7 Å². The van der Waals surface area contributed by atoms with Gasteiger partial charge in [0.2, 0.25) is 0 Å². The predicted octanol–water partition coefficient (Wildman–Crippen LogP) is 0.876. The molecule has 0 aromatic carbocycles. The smallest absolute Gasteiger partial charge is 0.312 e. The fourth-order valence-electron chi connectivity index (χ4n) is 2.63. The van der Waals surface area contributed by atoms with E-state index in [2.05, 4.69) is 18.0 Å². The lowest BCUT2D eigenvalue weighted by Crippen LogP contribution is -2.30. The maximum absolute atomic E-state index is 11.3. The Bertz CT molecular complexity index is 301. The number of nitrogens with zero attached hydrogens (tertiary/aromatic N) is 1. The number of ether oxygens (including phenoxy) is 1. The van der Waals surface area contributed by atoms with E-state index >= 15 is 0 Å². The summed E-state index contributed by atoms with van der Waals surface area (Å²) >= 11 is 0. The van der Waals surface area contributed by atoms with Crippen LogP contribution in [0.15, 0.2) is 11.8 Å². The highest BCUT2D eigenvalue weighted by atomic mass is 16.5. The molecule has 1 saturated heterocycles. The van der Waals surface area contributed by atoms with Crippen molar-refractivity contribution >= 4 is 5.97 Å². The van der Waals surface area contributed by atoms with E-state index in [4.69, 9.17) is 10.5 Å². The summed E-state index contributed by atoms with van der Waals surface area (Å²) in [4.78, 5) is 13.7. The third kappa shape index (κ3) is 2.44. The van der Waals surface area contributed by atoms with Crippen LogP contribution in [0.3, 0.4) is 0 Å². The Morgan fingerprint density at radius 2 is 2.44 bits per heavy atom. The lowest BCUT2D eigenvalue weighted by molar-refractivity contribution is -0.139. The van der Waals surface area contributed by atoms with Gasteiger partial charge in [0.1, 0.15) is 5.76 Å². The lowest BCUT2D eigenvalue weighted by Gasteiger charge is -2.27. The molecule has 1 aliphatic carbocycles. The van der Waals surface area contributed by atoms with Crippen molar-refractivity contribution in [3.63, 3.8) is 0 Å². The van der Waals surface area contributed by atoms with Crippen molar-refractivity contribution in [3.05, 3.63) is 11.8 Å². The molecule has 0 radical (unpaired) electrons. The van der Waals surface area contributed by atoms with E-state index < -0.39 is 0 Å². The number of hydrogen-bond acceptors (Lipinski definition) is 4. The predicted molar refractivity (Wildman–Crippen MR) is 61.6 cm³/mol. The molecule has 2 aliphatic rings. The molecule has 0 aromatic rings. The average Bonchev–Trinajstić information content (AvgIpc) is 2.61. The SMILES string of the molecule is CN1CCC2CCC(OC(=O)CCN)=CC21. The van der Waals surface area contributed by atoms with Gasteiger partial charge >= 0.3 is 5.97 Å². The molecule has 0 saturated carbocycles. The molecule has 2 rings (SSSR count). The zero-order chi connectivity index (χ0) is 11.5. The largest absolute Gasteiger partial charge is 0.431 e. The molecule has 0 spiro atoms. The number of carbonyl (C=O) groups is 1. The fourth-order valence-corrected chi connectivity index (χ4v) is 2.63. The van der Waals surface area contributed by atoms with E-state index in [-0.39, 0.29) is 5.97 Å². The molecule has 0 aromatic heterocycles. The van der Waals surface area contributed by atoms with Crippen LogP contribution in [0, 0.1) is 5.92 Å². The van der Waals surface area contributed by atoms with Crippen molar-refractivity contribution in [2.24, 2.45) is 11.7 Å². The van der Waals surface area contributed by atoms with Crippen LogP contribution < -0.4 is 5.73 Å². The van der Waals surface area contributed by atoms with E-state index in [1.165, 1.54) is 6.42 Å². The van der Waals surface area contributed by atoms with Gasteiger partial charge in [-0.1, -0.05) is 0 Å². The zero-order valence-corrected chi connectivity index (χ0v) is 9.82. The summed E-state index contributed by atoms with van der Waals surface area (Å²) in [5.74, 6) is 1.39. The minimum atomic E-state index is -0.201. The van der Waals surface area contributed by atoms with Crippen molar-refractivity contribution in [3.8, 4) is 0 Å². The number of allylic oxidation sites excluding steroid dienone is 1. The summed E-state index contributed by atoms with van der Waals surface area (Å²) in [6.45, 7) is 1.51. The highest BCUT2D eigenvalue weighted by molar-refractivity contribution is 5.70. The highest BCUT2D eigenvalue weighted by Crippen LogP contribution is 2.34. The standard InChI is InChI=1S/C12H20N2O2/c1-14-7-5-9-2-3-10(8-11(9)14)16-12(15)4-6-13/h8-9,11H,2-7,13H2,1H3. The van der Waals surface area contributed by atoms with Gasteiger partial charge in [0.25, 0.3) is 0 Å². The van der Waals surface area contributed by atoms with Crippen molar-refractivity contribution < 1.29 is 9.53 Å². The topological polar surface area (TPSA) is 55.6 Å². The molecular formula is C12H20N2O2. The first-order chi connectivity index (χ1) is 7.70. The number of hydrogen-bond donors (Lipinski definition) is 1. The second kappa shape index (κ2) is 4.97. The Morgan fingerprint density at radius 3 is 3.19 bits per heavy atom. The summed E-state index contributed by atoms with van der Waals surface area (Å²) in [5.41, 5.74) is 5.31. The van der Waals surface area contributed by atoms with Crippen molar-refractivity contribution in [2.45, 2.75) is 31.7 Å². The summed E-state index contributed by atoms with van der Waals surface area (Å²) in [5, 5.41) is 0. The van der Waals surface area contributed by atoms with Crippen molar-refractivity contribution in [1.29, 1.82) is 0 Å². The van der Waals surface area contributed by atoms with Gasteiger partial charge in [-0.15, -0.1) is 0 Å². The van der Waals surface area contributed by atoms with E-state index in [1.54, 1.807) is 0 Å². The Morgan fingerprint density at radius 1 is 1.62 bits per heavy atom. The molecule has 4 nitrogen and oxygen atoms in total. The highest BCUT2D eigenvalue weighted by Gasteiger charge is 2.33. The van der Waals surface area contributed by atoms with E-state index in [0.717, 1.165) is 31.1 Å². The number of rotatable bonds is 3.